The van der Waals surface area contributed by atoms with Crippen LogP contribution in [0.15, 0.2) is 158 Å². The predicted molar refractivity (Wildman–Crippen MR) is 274 cm³/mol. The quantitative estimate of drug-likeness (QED) is 0.0561. The molecule has 8 N–H and O–H groups in total. The van der Waals surface area contributed by atoms with Crippen LogP contribution in [0.2, 0.25) is 0 Å². The van der Waals surface area contributed by atoms with E-state index in [0.717, 1.165) is 0 Å². The van der Waals surface area contributed by atoms with Gasteiger partial charge in [0.25, 0.3) is 23.6 Å². The number of hydrogen-bond acceptors (Lipinski definition) is 6. The Morgan fingerprint density at radius 1 is 0.271 bits per heavy atom. The third-order valence-electron chi connectivity index (χ3n) is 9.98. The summed E-state index contributed by atoms with van der Waals surface area (Å²) in [5, 5.41) is 21.7. The third-order valence-corrected chi connectivity index (χ3v) is 9.98. The molecule has 0 fully saturated rings. The second kappa shape index (κ2) is 21.9. The molecule has 0 aliphatic carbocycles. The second-order valence-electron chi connectivity index (χ2n) is 15.1. The van der Waals surface area contributed by atoms with Crippen LogP contribution in [0.4, 0.5) is 55.1 Å². The second-order valence-corrected chi connectivity index (χ2v) is 15.1. The summed E-state index contributed by atoms with van der Waals surface area (Å²) in [7, 11) is 0. The Bertz CT molecular complexity index is 3000. The lowest BCUT2D eigenvalue weighted by Gasteiger charge is -2.14. The lowest BCUT2D eigenvalue weighted by Crippen LogP contribution is -2.22. The largest absolute Gasteiger partial charge is 0.323 e. The van der Waals surface area contributed by atoms with Crippen molar-refractivity contribution in [1.82, 2.24) is 0 Å². The number of rotatable bonds is 12. The number of hydrogen-bond donors (Lipinski definition) is 8. The fraction of sp³-hybridized carbons (Fsp3) is 0. The van der Waals surface area contributed by atoms with Crippen molar-refractivity contribution in [3.05, 3.63) is 202 Å². The molecule has 0 aliphatic rings. The number of anilines is 8. The Morgan fingerprint density at radius 2 is 0.514 bits per heavy atom. The maximum Gasteiger partial charge on any atom is 0.323 e. The zero-order valence-corrected chi connectivity index (χ0v) is 36.8. The van der Waals surface area contributed by atoms with Gasteiger partial charge in [0.05, 0.1) is 0 Å². The number of terminal acetylenes is 4. The van der Waals surface area contributed by atoms with Gasteiger partial charge in [0.15, 0.2) is 0 Å². The molecule has 8 amide bonds. The van der Waals surface area contributed by atoms with E-state index >= 15 is 0 Å². The monoisotopic (exact) mass is 918 g/mol. The summed E-state index contributed by atoms with van der Waals surface area (Å²) < 4.78 is 0. The molecule has 0 atom stereocenters. The fourth-order valence-corrected chi connectivity index (χ4v) is 6.71. The van der Waals surface area contributed by atoms with Gasteiger partial charge in [-0.05, 0) is 133 Å². The maximum absolute atomic E-state index is 13.5. The van der Waals surface area contributed by atoms with Gasteiger partial charge in [-0.2, -0.15) is 0 Å². The molecule has 14 nitrogen and oxygen atoms in total. The number of amides is 8. The van der Waals surface area contributed by atoms with Gasteiger partial charge in [-0.15, -0.1) is 25.7 Å². The highest BCUT2D eigenvalue weighted by Crippen LogP contribution is 2.23. The van der Waals surface area contributed by atoms with E-state index in [2.05, 4.69) is 66.2 Å². The molecule has 338 valence electrons. The first kappa shape index (κ1) is 47.2. The number of benzene rings is 7. The molecule has 0 unspecified atom stereocenters. The Hall–Kier alpha value is -10.8. The Labute approximate surface area is 402 Å². The van der Waals surface area contributed by atoms with E-state index in [-0.39, 0.29) is 33.6 Å². The Morgan fingerprint density at radius 3 is 0.757 bits per heavy atom. The van der Waals surface area contributed by atoms with Gasteiger partial charge in [0.1, 0.15) is 0 Å². The van der Waals surface area contributed by atoms with Crippen LogP contribution in [0.3, 0.4) is 0 Å². The van der Waals surface area contributed by atoms with Crippen LogP contribution >= 0.6 is 0 Å². The summed E-state index contributed by atoms with van der Waals surface area (Å²) in [5.74, 6) is 7.72. The van der Waals surface area contributed by atoms with Crippen molar-refractivity contribution in [3.63, 3.8) is 0 Å². The molecule has 0 bridgehead atoms. The standard InChI is InChI=1S/C56H38N8O6/c1-5-35-13-9-17-45(25-35)57-51(65)39-29-40(52(66)58-46-18-10-14-36(6-2)26-46)32-49(31-39)63-55(69)61-43-21-23-44(24-22-43)62-56(70)64-50-33-41(53(67)59-47-19-11-15-37(7-3)27-47)30-42(34-50)54(68)60-48-20-12-16-38(8-4)28-48/h1-4,9-34H,(H,57,65)(H,58,66)(H,59,67)(H,60,68)(H2,61,63,69)(H2,62,64,70). The first-order valence-corrected chi connectivity index (χ1v) is 21.0. The highest BCUT2D eigenvalue weighted by molar-refractivity contribution is 6.12. The Balaban J connectivity index is 1.04. The van der Waals surface area contributed by atoms with Crippen LogP contribution in [0.25, 0.3) is 0 Å². The van der Waals surface area contributed by atoms with Crippen molar-refractivity contribution in [2.45, 2.75) is 0 Å². The summed E-state index contributed by atoms with van der Waals surface area (Å²) in [5.41, 5.74) is 4.88. The van der Waals surface area contributed by atoms with Crippen molar-refractivity contribution in [2.24, 2.45) is 0 Å². The van der Waals surface area contributed by atoms with Crippen molar-refractivity contribution in [2.75, 3.05) is 42.5 Å². The van der Waals surface area contributed by atoms with E-state index < -0.39 is 35.7 Å². The van der Waals surface area contributed by atoms with Crippen LogP contribution in [-0.2, 0) is 0 Å². The van der Waals surface area contributed by atoms with E-state index in [4.69, 9.17) is 25.7 Å². The van der Waals surface area contributed by atoms with Gasteiger partial charge < -0.3 is 42.5 Å². The molecule has 70 heavy (non-hydrogen) atoms. The molecular formula is C56H38N8O6. The molecule has 7 aromatic rings. The van der Waals surface area contributed by atoms with E-state index in [9.17, 15) is 28.8 Å². The first-order valence-electron chi connectivity index (χ1n) is 21.0. The number of carbonyl (C=O) groups is 6. The predicted octanol–water partition coefficient (Wildman–Crippen LogP) is 9.91. The molecule has 0 heterocycles. The molecule has 0 aliphatic heterocycles. The number of urea groups is 2. The minimum Gasteiger partial charge on any atom is -0.322 e. The summed E-state index contributed by atoms with van der Waals surface area (Å²) >= 11 is 0. The average Bonchev–Trinajstić information content (AvgIpc) is 3.36. The zero-order valence-electron chi connectivity index (χ0n) is 36.8. The van der Waals surface area contributed by atoms with E-state index in [1.165, 1.54) is 60.7 Å². The van der Waals surface area contributed by atoms with Gasteiger partial charge >= 0.3 is 12.1 Å². The van der Waals surface area contributed by atoms with E-state index in [0.29, 0.717) is 56.4 Å². The van der Waals surface area contributed by atoms with Crippen molar-refractivity contribution < 1.29 is 28.8 Å². The lowest BCUT2D eigenvalue weighted by atomic mass is 10.1. The van der Waals surface area contributed by atoms with Gasteiger partial charge in [-0.1, -0.05) is 47.9 Å². The summed E-state index contributed by atoms with van der Waals surface area (Å²) in [6.45, 7) is 0. The van der Waals surface area contributed by atoms with Crippen molar-refractivity contribution in [3.8, 4) is 49.4 Å². The zero-order chi connectivity index (χ0) is 49.6. The van der Waals surface area contributed by atoms with Gasteiger partial charge in [0.2, 0.25) is 0 Å². The van der Waals surface area contributed by atoms with Crippen LogP contribution in [0, 0.1) is 49.4 Å². The smallest absolute Gasteiger partial charge is 0.322 e. The third kappa shape index (κ3) is 12.7. The minimum atomic E-state index is -0.720. The van der Waals surface area contributed by atoms with E-state index in [1.54, 1.807) is 97.1 Å². The number of nitrogens with one attached hydrogen (secondary N) is 8. The van der Waals surface area contributed by atoms with Crippen molar-refractivity contribution in [1.29, 1.82) is 0 Å². The first-order chi connectivity index (χ1) is 33.9. The molecule has 7 rings (SSSR count). The van der Waals surface area contributed by atoms with Crippen LogP contribution in [0.5, 0.6) is 0 Å². The molecule has 7 aromatic carbocycles. The highest BCUT2D eigenvalue weighted by atomic mass is 16.2. The number of carbonyl (C=O) groups excluding carboxylic acids is 6. The van der Waals surface area contributed by atoms with Gasteiger partial charge in [-0.3, -0.25) is 19.2 Å². The molecule has 0 spiro atoms. The van der Waals surface area contributed by atoms with E-state index in [1.807, 2.05) is 0 Å². The van der Waals surface area contributed by atoms with Crippen LogP contribution < -0.4 is 42.5 Å². The maximum atomic E-state index is 13.5. The van der Waals surface area contributed by atoms with Gasteiger partial charge in [-0.25, -0.2) is 9.59 Å². The average molecular weight is 919 g/mol. The lowest BCUT2D eigenvalue weighted by molar-refractivity contribution is 0.101. The summed E-state index contributed by atoms with van der Waals surface area (Å²) in [6, 6.07) is 39.6. The molecule has 0 aromatic heterocycles. The minimum absolute atomic E-state index is 0.0485. The van der Waals surface area contributed by atoms with Gasteiger partial charge in [0, 0.05) is 90.0 Å². The summed E-state index contributed by atoms with van der Waals surface area (Å²) in [6.07, 6.45) is 22.1. The SMILES string of the molecule is C#Cc1cccc(NC(=O)c2cc(NC(=O)Nc3ccc(NC(=O)Nc4cc(C(=O)Nc5cccc(C#C)c5)cc(C(=O)Nc5cccc(C#C)c5)c4)cc3)cc(C(=O)Nc3cccc(C#C)c3)c2)c1. The van der Waals surface area contributed by atoms with Crippen LogP contribution in [-0.4, -0.2) is 35.7 Å². The molecule has 0 saturated carbocycles. The fourth-order valence-electron chi connectivity index (χ4n) is 6.71. The summed E-state index contributed by atoms with van der Waals surface area (Å²) in [4.78, 5) is 80.6. The molecule has 14 heteroatoms. The van der Waals surface area contributed by atoms with Crippen LogP contribution in [0.1, 0.15) is 63.7 Å². The highest BCUT2D eigenvalue weighted by Gasteiger charge is 2.18. The normalized spacial score (nSPS) is 10.0. The topological polar surface area (TPSA) is 199 Å². The molecule has 0 radical (unpaired) electrons. The van der Waals surface area contributed by atoms with Crippen molar-refractivity contribution >= 4 is 81.2 Å². The Kier molecular flexibility index (Phi) is 14.8. The molecule has 0 saturated heterocycles. The molecular weight excluding hydrogens is 881 g/mol.